The maximum atomic E-state index is 11.3. The van der Waals surface area contributed by atoms with Gasteiger partial charge in [0, 0.05) is 27.1 Å². The Kier molecular flexibility index (Phi) is 7.74. The summed E-state index contributed by atoms with van der Waals surface area (Å²) in [4.78, 5) is 22.3. The summed E-state index contributed by atoms with van der Waals surface area (Å²) in [6.07, 6.45) is -4.53. The molecule has 1 fully saturated rings. The molecule has 0 saturated carbocycles. The van der Waals surface area contributed by atoms with E-state index in [4.69, 9.17) is 23.7 Å². The predicted molar refractivity (Wildman–Crippen MR) is 73.9 cm³/mol. The standard InChI is InChI=1S/C14H24O8/c1-5-18-11-10(7-20-8(3)15)22-14(17)13(19-6-2)12(11)21-9(4)16/h10-14,17H,5-7H2,1-4H3/t10-,11-,12+,13+,14+/m1/s1. The highest BCUT2D eigenvalue weighted by Crippen LogP contribution is 2.27. The molecule has 8 heteroatoms. The maximum Gasteiger partial charge on any atom is 0.303 e. The number of carbonyl (C=O) groups is 2. The van der Waals surface area contributed by atoms with Crippen molar-refractivity contribution in [3.05, 3.63) is 0 Å². The van der Waals surface area contributed by atoms with E-state index >= 15 is 0 Å². The predicted octanol–water partition coefficient (Wildman–Crippen LogP) is 0.00860. The van der Waals surface area contributed by atoms with Crippen LogP contribution in [-0.4, -0.2) is 67.6 Å². The zero-order valence-corrected chi connectivity index (χ0v) is 13.3. The van der Waals surface area contributed by atoms with Gasteiger partial charge in [-0.15, -0.1) is 0 Å². The first-order chi connectivity index (χ1) is 10.4. The Balaban J connectivity index is 2.95. The first-order valence-electron chi connectivity index (χ1n) is 7.28. The Labute approximate surface area is 129 Å². The molecule has 128 valence electrons. The lowest BCUT2D eigenvalue weighted by atomic mass is 9.98. The number of hydrogen-bond acceptors (Lipinski definition) is 8. The Morgan fingerprint density at radius 2 is 1.59 bits per heavy atom. The minimum absolute atomic E-state index is 0.117. The molecule has 0 amide bonds. The summed E-state index contributed by atoms with van der Waals surface area (Å²) in [7, 11) is 0. The average molecular weight is 320 g/mol. The van der Waals surface area contributed by atoms with E-state index in [9.17, 15) is 14.7 Å². The van der Waals surface area contributed by atoms with Crippen LogP contribution in [0.4, 0.5) is 0 Å². The number of hydrogen-bond donors (Lipinski definition) is 1. The molecule has 0 radical (unpaired) electrons. The quantitative estimate of drug-likeness (QED) is 0.655. The van der Waals surface area contributed by atoms with Gasteiger partial charge in [0.25, 0.3) is 0 Å². The smallest absolute Gasteiger partial charge is 0.303 e. The topological polar surface area (TPSA) is 101 Å². The van der Waals surface area contributed by atoms with Crippen LogP contribution in [-0.2, 0) is 33.3 Å². The Bertz CT molecular complexity index is 372. The second kappa shape index (κ2) is 9.04. The SMILES string of the molecule is CCO[C@H]1[C@@H](OC(C)=O)[C@H](OCC)[C@@H](COC(C)=O)O[C@@H]1O. The number of carbonyl (C=O) groups excluding carboxylic acids is 2. The van der Waals surface area contributed by atoms with Gasteiger partial charge in [0.15, 0.2) is 12.4 Å². The van der Waals surface area contributed by atoms with Gasteiger partial charge >= 0.3 is 11.9 Å². The van der Waals surface area contributed by atoms with Crippen molar-refractivity contribution >= 4 is 11.9 Å². The van der Waals surface area contributed by atoms with E-state index in [0.29, 0.717) is 13.2 Å². The van der Waals surface area contributed by atoms with Crippen molar-refractivity contribution in [2.24, 2.45) is 0 Å². The highest BCUT2D eigenvalue weighted by Gasteiger charge is 2.49. The fraction of sp³-hybridized carbons (Fsp3) is 0.857. The summed E-state index contributed by atoms with van der Waals surface area (Å²) >= 11 is 0. The van der Waals surface area contributed by atoms with Crippen LogP contribution in [0.3, 0.4) is 0 Å². The zero-order valence-electron chi connectivity index (χ0n) is 13.3. The van der Waals surface area contributed by atoms with E-state index in [1.165, 1.54) is 13.8 Å². The third-order valence-corrected chi connectivity index (χ3v) is 3.08. The summed E-state index contributed by atoms with van der Waals surface area (Å²) in [5.74, 6) is -1.01. The number of aliphatic hydroxyl groups is 1. The zero-order chi connectivity index (χ0) is 16.7. The van der Waals surface area contributed by atoms with Crippen LogP contribution in [0.5, 0.6) is 0 Å². The normalized spacial score (nSPS) is 31.6. The lowest BCUT2D eigenvalue weighted by Crippen LogP contribution is -2.61. The van der Waals surface area contributed by atoms with Gasteiger partial charge in [-0.3, -0.25) is 9.59 Å². The van der Waals surface area contributed by atoms with Crippen LogP contribution >= 0.6 is 0 Å². The van der Waals surface area contributed by atoms with E-state index in [1.807, 2.05) is 0 Å². The van der Waals surface area contributed by atoms with Crippen LogP contribution in [0, 0.1) is 0 Å². The van der Waals surface area contributed by atoms with Crippen molar-refractivity contribution in [2.75, 3.05) is 19.8 Å². The van der Waals surface area contributed by atoms with E-state index in [0.717, 1.165) is 0 Å². The molecule has 0 bridgehead atoms. The molecule has 22 heavy (non-hydrogen) atoms. The van der Waals surface area contributed by atoms with E-state index in [2.05, 4.69) is 0 Å². The molecule has 0 aliphatic carbocycles. The fourth-order valence-corrected chi connectivity index (χ4v) is 2.32. The molecule has 0 aromatic rings. The molecule has 1 heterocycles. The average Bonchev–Trinajstić information content (AvgIpc) is 2.43. The van der Waals surface area contributed by atoms with Crippen LogP contribution in [0.2, 0.25) is 0 Å². The monoisotopic (exact) mass is 320 g/mol. The largest absolute Gasteiger partial charge is 0.463 e. The first-order valence-corrected chi connectivity index (χ1v) is 7.28. The van der Waals surface area contributed by atoms with Crippen molar-refractivity contribution in [1.82, 2.24) is 0 Å². The third kappa shape index (κ3) is 5.20. The van der Waals surface area contributed by atoms with Gasteiger partial charge in [-0.25, -0.2) is 0 Å². The van der Waals surface area contributed by atoms with Gasteiger partial charge in [0.05, 0.1) is 0 Å². The Morgan fingerprint density at radius 3 is 2.09 bits per heavy atom. The summed E-state index contributed by atoms with van der Waals surface area (Å²) in [6, 6.07) is 0. The highest BCUT2D eigenvalue weighted by atomic mass is 16.7. The summed E-state index contributed by atoms with van der Waals surface area (Å²) in [5, 5.41) is 10.1. The van der Waals surface area contributed by atoms with Gasteiger partial charge < -0.3 is 28.8 Å². The first kappa shape index (κ1) is 18.8. The molecule has 1 aliphatic rings. The summed E-state index contributed by atoms with van der Waals surface area (Å²) in [6.45, 7) is 6.56. The van der Waals surface area contributed by atoms with Crippen LogP contribution < -0.4 is 0 Å². The molecule has 5 atom stereocenters. The number of aliphatic hydroxyl groups excluding tert-OH is 1. The third-order valence-electron chi connectivity index (χ3n) is 3.08. The van der Waals surface area contributed by atoms with Crippen molar-refractivity contribution in [1.29, 1.82) is 0 Å². The van der Waals surface area contributed by atoms with Gasteiger partial charge in [-0.1, -0.05) is 0 Å². The summed E-state index contributed by atoms with van der Waals surface area (Å²) in [5.41, 5.74) is 0. The fourth-order valence-electron chi connectivity index (χ4n) is 2.32. The van der Waals surface area contributed by atoms with Gasteiger partial charge in [0.2, 0.25) is 0 Å². The lowest BCUT2D eigenvalue weighted by molar-refractivity contribution is -0.304. The second-order valence-electron chi connectivity index (χ2n) is 4.78. The Morgan fingerprint density at radius 1 is 1.00 bits per heavy atom. The molecule has 1 N–H and O–H groups in total. The minimum Gasteiger partial charge on any atom is -0.463 e. The maximum absolute atomic E-state index is 11.3. The van der Waals surface area contributed by atoms with Gasteiger partial charge in [0.1, 0.15) is 24.9 Å². The number of ether oxygens (including phenoxy) is 5. The molecule has 0 unspecified atom stereocenters. The number of esters is 2. The van der Waals surface area contributed by atoms with Crippen LogP contribution in [0.15, 0.2) is 0 Å². The molecule has 8 nitrogen and oxygen atoms in total. The molecule has 0 aromatic carbocycles. The van der Waals surface area contributed by atoms with Crippen molar-refractivity contribution in [3.63, 3.8) is 0 Å². The number of rotatable bonds is 7. The van der Waals surface area contributed by atoms with Crippen molar-refractivity contribution in [3.8, 4) is 0 Å². The van der Waals surface area contributed by atoms with Gasteiger partial charge in [-0.05, 0) is 13.8 Å². The molecule has 1 saturated heterocycles. The molecule has 1 rings (SSSR count). The lowest BCUT2D eigenvalue weighted by Gasteiger charge is -2.43. The Hall–Kier alpha value is -1.22. The molecule has 0 spiro atoms. The summed E-state index contributed by atoms with van der Waals surface area (Å²) < 4.78 is 26.6. The molecule has 1 aliphatic heterocycles. The van der Waals surface area contributed by atoms with Crippen molar-refractivity contribution in [2.45, 2.75) is 58.4 Å². The van der Waals surface area contributed by atoms with Gasteiger partial charge in [-0.2, -0.15) is 0 Å². The van der Waals surface area contributed by atoms with Crippen LogP contribution in [0.1, 0.15) is 27.7 Å². The second-order valence-corrected chi connectivity index (χ2v) is 4.78. The molecular weight excluding hydrogens is 296 g/mol. The minimum atomic E-state index is -1.32. The van der Waals surface area contributed by atoms with E-state index in [-0.39, 0.29) is 6.61 Å². The van der Waals surface area contributed by atoms with Crippen LogP contribution in [0.25, 0.3) is 0 Å². The van der Waals surface area contributed by atoms with Crippen molar-refractivity contribution < 1.29 is 38.4 Å². The van der Waals surface area contributed by atoms with E-state index in [1.54, 1.807) is 13.8 Å². The highest BCUT2D eigenvalue weighted by molar-refractivity contribution is 5.66. The molecule has 0 aromatic heterocycles. The van der Waals surface area contributed by atoms with E-state index < -0.39 is 42.6 Å². The molecular formula is C14H24O8.